The number of benzene rings is 4. The van der Waals surface area contributed by atoms with E-state index in [-0.39, 0.29) is 17.1 Å². The highest BCUT2D eigenvalue weighted by atomic mass is 19.4. The smallest absolute Gasteiger partial charge is 0.277 e. The Balaban J connectivity index is 1.61. The van der Waals surface area contributed by atoms with Gasteiger partial charge in [0.05, 0.1) is 5.69 Å². The molecule has 0 radical (unpaired) electrons. The molecule has 2 aromatic heterocycles. The lowest BCUT2D eigenvalue weighted by Gasteiger charge is -2.12. The Kier molecular flexibility index (Phi) is 4.44. The minimum atomic E-state index is -4.66. The zero-order chi connectivity index (χ0) is 23.3. The van der Waals surface area contributed by atoms with Crippen molar-refractivity contribution in [2.75, 3.05) is 0 Å². The van der Waals surface area contributed by atoms with Crippen molar-refractivity contribution in [3.63, 3.8) is 0 Å². The van der Waals surface area contributed by atoms with E-state index in [0.717, 1.165) is 21.5 Å². The van der Waals surface area contributed by atoms with Gasteiger partial charge in [-0.15, -0.1) is 5.10 Å². The number of rotatable bonds is 3. The van der Waals surface area contributed by atoms with Gasteiger partial charge in [0, 0.05) is 16.7 Å². The monoisotopic (exact) mass is 456 g/mol. The van der Waals surface area contributed by atoms with Crippen LogP contribution in [0, 0.1) is 0 Å². The van der Waals surface area contributed by atoms with E-state index in [9.17, 15) is 13.2 Å². The third-order valence-electron chi connectivity index (χ3n) is 5.87. The molecule has 0 saturated heterocycles. The van der Waals surface area contributed by atoms with Crippen molar-refractivity contribution < 1.29 is 13.2 Å². The van der Waals surface area contributed by atoms with Crippen LogP contribution in [-0.2, 0) is 6.18 Å². The first kappa shape index (κ1) is 20.1. The molecule has 0 aliphatic rings. The summed E-state index contributed by atoms with van der Waals surface area (Å²) in [6, 6.07) is 24.2. The SMILES string of the molecule is FC(F)(F)c1n[nH]c(-c2ccc3c(ccc4ccccc43)c2)c1-c1ccccc1-c1nnn[nH]1. The van der Waals surface area contributed by atoms with Crippen molar-refractivity contribution in [3.05, 3.63) is 84.6 Å². The van der Waals surface area contributed by atoms with Gasteiger partial charge in [0.15, 0.2) is 11.5 Å². The first-order valence-electron chi connectivity index (χ1n) is 10.4. The van der Waals surface area contributed by atoms with Gasteiger partial charge in [0.25, 0.3) is 0 Å². The number of aromatic amines is 2. The summed E-state index contributed by atoms with van der Waals surface area (Å²) < 4.78 is 42.1. The standard InChI is InChI=1S/C25H15F3N6/c26-25(27,28)23-21(19-7-3-4-8-20(19)24-31-33-34-32-24)22(29-30-23)16-11-12-18-15(13-16)10-9-14-5-1-2-6-17(14)18/h1-13H,(H,29,30)(H,31,32,33,34). The number of hydrogen-bond acceptors (Lipinski definition) is 4. The van der Waals surface area contributed by atoms with Gasteiger partial charge in [-0.3, -0.25) is 5.10 Å². The first-order valence-corrected chi connectivity index (χ1v) is 10.4. The zero-order valence-corrected chi connectivity index (χ0v) is 17.4. The molecule has 0 atom stereocenters. The molecule has 0 fully saturated rings. The molecule has 0 aliphatic carbocycles. The van der Waals surface area contributed by atoms with Crippen LogP contribution in [0.5, 0.6) is 0 Å². The lowest BCUT2D eigenvalue weighted by molar-refractivity contribution is -0.140. The molecule has 0 aliphatic heterocycles. The highest BCUT2D eigenvalue weighted by Crippen LogP contribution is 2.44. The van der Waals surface area contributed by atoms with Gasteiger partial charge >= 0.3 is 6.18 Å². The molecule has 6 nitrogen and oxygen atoms in total. The summed E-state index contributed by atoms with van der Waals surface area (Å²) in [4.78, 5) is 0. The van der Waals surface area contributed by atoms with Crippen LogP contribution in [0.3, 0.4) is 0 Å². The third-order valence-corrected chi connectivity index (χ3v) is 5.87. The summed E-state index contributed by atoms with van der Waals surface area (Å²) in [6.07, 6.45) is -4.66. The van der Waals surface area contributed by atoms with Crippen molar-refractivity contribution in [1.82, 2.24) is 30.8 Å². The molecule has 0 unspecified atom stereocenters. The van der Waals surface area contributed by atoms with Crippen molar-refractivity contribution in [3.8, 4) is 33.8 Å². The normalized spacial score (nSPS) is 12.0. The van der Waals surface area contributed by atoms with E-state index in [1.807, 2.05) is 54.6 Å². The summed E-state index contributed by atoms with van der Waals surface area (Å²) in [7, 11) is 0. The summed E-state index contributed by atoms with van der Waals surface area (Å²) in [5.74, 6) is 0.265. The largest absolute Gasteiger partial charge is 0.435 e. The van der Waals surface area contributed by atoms with Gasteiger partial charge in [0.1, 0.15) is 0 Å². The second kappa shape index (κ2) is 7.51. The molecule has 6 rings (SSSR count). The van der Waals surface area contributed by atoms with Gasteiger partial charge < -0.3 is 0 Å². The van der Waals surface area contributed by atoms with Crippen molar-refractivity contribution in [2.45, 2.75) is 6.18 Å². The molecule has 0 saturated carbocycles. The number of nitrogens with one attached hydrogen (secondary N) is 2. The maximum absolute atomic E-state index is 14.0. The Morgan fingerprint density at radius 1 is 0.706 bits per heavy atom. The van der Waals surface area contributed by atoms with E-state index in [1.54, 1.807) is 24.3 Å². The number of fused-ring (bicyclic) bond motifs is 3. The number of nitrogens with zero attached hydrogens (tertiary/aromatic N) is 4. The number of alkyl halides is 3. The van der Waals surface area contributed by atoms with Crippen LogP contribution in [0.1, 0.15) is 5.69 Å². The van der Waals surface area contributed by atoms with Crippen LogP contribution in [-0.4, -0.2) is 30.8 Å². The second-order valence-electron chi connectivity index (χ2n) is 7.84. The first-order chi connectivity index (χ1) is 16.5. The number of H-pyrrole nitrogens is 2. The molecular weight excluding hydrogens is 441 g/mol. The van der Waals surface area contributed by atoms with E-state index < -0.39 is 11.9 Å². The number of hydrogen-bond donors (Lipinski definition) is 2. The summed E-state index contributed by atoms with van der Waals surface area (Å²) in [5.41, 5.74) is 0.553. The second-order valence-corrected chi connectivity index (χ2v) is 7.84. The highest BCUT2D eigenvalue weighted by Gasteiger charge is 2.39. The minimum absolute atomic E-state index is 0.0559. The van der Waals surface area contributed by atoms with Gasteiger partial charge in [-0.25, -0.2) is 5.10 Å². The van der Waals surface area contributed by atoms with Crippen LogP contribution in [0.4, 0.5) is 13.2 Å². The number of halogens is 3. The Labute approximate surface area is 190 Å². The summed E-state index contributed by atoms with van der Waals surface area (Å²) >= 11 is 0. The molecule has 9 heteroatoms. The quantitative estimate of drug-likeness (QED) is 0.309. The summed E-state index contributed by atoms with van der Waals surface area (Å²) in [5, 5.41) is 24.1. The molecule has 6 aromatic rings. The van der Waals surface area contributed by atoms with Crippen LogP contribution >= 0.6 is 0 Å². The predicted octanol–water partition coefficient (Wildman–Crippen LogP) is 6.25. The van der Waals surface area contributed by atoms with Crippen molar-refractivity contribution in [2.24, 2.45) is 0 Å². The zero-order valence-electron chi connectivity index (χ0n) is 17.4. The van der Waals surface area contributed by atoms with Crippen molar-refractivity contribution in [1.29, 1.82) is 0 Å². The average molecular weight is 456 g/mol. The van der Waals surface area contributed by atoms with E-state index in [2.05, 4.69) is 30.8 Å². The van der Waals surface area contributed by atoms with Crippen molar-refractivity contribution >= 4 is 21.5 Å². The maximum Gasteiger partial charge on any atom is 0.435 e. The van der Waals surface area contributed by atoms with E-state index >= 15 is 0 Å². The van der Waals surface area contributed by atoms with Crippen LogP contribution in [0.15, 0.2) is 78.9 Å². The molecule has 0 amide bonds. The molecular formula is C25H15F3N6. The molecule has 4 aromatic carbocycles. The van der Waals surface area contributed by atoms with Gasteiger partial charge in [0.2, 0.25) is 0 Å². The van der Waals surface area contributed by atoms with Crippen LogP contribution in [0.25, 0.3) is 55.3 Å². The summed E-state index contributed by atoms with van der Waals surface area (Å²) in [6.45, 7) is 0. The van der Waals surface area contributed by atoms with E-state index in [0.29, 0.717) is 16.7 Å². The predicted molar refractivity (Wildman–Crippen MR) is 123 cm³/mol. The molecule has 2 heterocycles. The Hall–Kier alpha value is -4.53. The number of aromatic nitrogens is 6. The average Bonchev–Trinajstić information content (AvgIpc) is 3.54. The molecule has 2 N–H and O–H groups in total. The third kappa shape index (κ3) is 3.21. The topological polar surface area (TPSA) is 83.1 Å². The molecule has 0 spiro atoms. The minimum Gasteiger partial charge on any atom is -0.277 e. The molecule has 166 valence electrons. The van der Waals surface area contributed by atoms with Gasteiger partial charge in [-0.1, -0.05) is 72.8 Å². The lowest BCUT2D eigenvalue weighted by atomic mass is 9.93. The fraction of sp³-hybridized carbons (Fsp3) is 0.0400. The van der Waals surface area contributed by atoms with Gasteiger partial charge in [-0.2, -0.15) is 18.3 Å². The van der Waals surface area contributed by atoms with Crippen LogP contribution in [0.2, 0.25) is 0 Å². The van der Waals surface area contributed by atoms with Gasteiger partial charge in [-0.05, 0) is 43.6 Å². The van der Waals surface area contributed by atoms with E-state index in [4.69, 9.17) is 0 Å². The van der Waals surface area contributed by atoms with E-state index in [1.165, 1.54) is 0 Å². The fourth-order valence-electron chi connectivity index (χ4n) is 4.37. The maximum atomic E-state index is 14.0. The van der Waals surface area contributed by atoms with Crippen LogP contribution < -0.4 is 0 Å². The Morgan fingerprint density at radius 3 is 2.24 bits per heavy atom. The lowest BCUT2D eigenvalue weighted by Crippen LogP contribution is -2.07. The molecule has 34 heavy (non-hydrogen) atoms. The highest BCUT2D eigenvalue weighted by molar-refractivity contribution is 6.08. The molecule has 0 bridgehead atoms. The Bertz CT molecular complexity index is 1650. The number of tetrazole rings is 1. The Morgan fingerprint density at radius 2 is 1.44 bits per heavy atom. The fourth-order valence-corrected chi connectivity index (χ4v) is 4.37.